The second-order valence-corrected chi connectivity index (χ2v) is 6.50. The van der Waals surface area contributed by atoms with E-state index in [0.717, 1.165) is 10.2 Å². The van der Waals surface area contributed by atoms with Gasteiger partial charge in [0.1, 0.15) is 5.75 Å². The van der Waals surface area contributed by atoms with E-state index in [4.69, 9.17) is 4.74 Å². The topological polar surface area (TPSA) is 21.3 Å². The molecule has 2 rings (SSSR count). The van der Waals surface area contributed by atoms with Crippen molar-refractivity contribution in [2.75, 3.05) is 14.2 Å². The zero-order valence-electron chi connectivity index (χ0n) is 11.8. The van der Waals surface area contributed by atoms with Gasteiger partial charge in [0, 0.05) is 20.3 Å². The van der Waals surface area contributed by atoms with Gasteiger partial charge < -0.3 is 10.1 Å². The molecule has 20 heavy (non-hydrogen) atoms. The first-order valence-electron chi connectivity index (χ1n) is 6.42. The van der Waals surface area contributed by atoms with E-state index in [2.05, 4.69) is 58.5 Å². The molecule has 0 aromatic heterocycles. The first-order valence-corrected chi connectivity index (χ1v) is 8.03. The van der Waals surface area contributed by atoms with Crippen molar-refractivity contribution < 1.29 is 4.74 Å². The van der Waals surface area contributed by atoms with Crippen LogP contribution in [-0.2, 0) is 0 Å². The van der Waals surface area contributed by atoms with Gasteiger partial charge in [0.2, 0.25) is 0 Å². The van der Waals surface area contributed by atoms with Gasteiger partial charge in [-0.2, -0.15) is 0 Å². The number of hydrogen-bond donors (Lipinski definition) is 1. The molecule has 4 heteroatoms. The van der Waals surface area contributed by atoms with Crippen molar-refractivity contribution in [2.45, 2.75) is 22.8 Å². The number of hydrogen-bond acceptors (Lipinski definition) is 3. The second kappa shape index (κ2) is 7.16. The third kappa shape index (κ3) is 3.78. The molecule has 0 amide bonds. The third-order valence-corrected chi connectivity index (χ3v) is 4.75. The SMILES string of the molecule is CNC(C)c1cc(Br)ccc1Sc1ccc(OC)cc1. The maximum atomic E-state index is 5.19. The van der Waals surface area contributed by atoms with E-state index in [1.165, 1.54) is 15.4 Å². The minimum atomic E-state index is 0.313. The lowest BCUT2D eigenvalue weighted by Crippen LogP contribution is -2.13. The van der Waals surface area contributed by atoms with Crippen molar-refractivity contribution in [3.63, 3.8) is 0 Å². The summed E-state index contributed by atoms with van der Waals surface area (Å²) < 4.78 is 6.29. The summed E-state index contributed by atoms with van der Waals surface area (Å²) in [6, 6.07) is 14.9. The number of benzene rings is 2. The molecule has 2 aromatic carbocycles. The summed E-state index contributed by atoms with van der Waals surface area (Å²) in [6.07, 6.45) is 0. The van der Waals surface area contributed by atoms with Crippen LogP contribution in [0.3, 0.4) is 0 Å². The van der Waals surface area contributed by atoms with Crippen LogP contribution < -0.4 is 10.1 Å². The zero-order chi connectivity index (χ0) is 14.5. The third-order valence-electron chi connectivity index (χ3n) is 3.16. The van der Waals surface area contributed by atoms with E-state index in [-0.39, 0.29) is 0 Å². The Morgan fingerprint density at radius 2 is 1.85 bits per heavy atom. The van der Waals surface area contributed by atoms with E-state index in [9.17, 15) is 0 Å². The molecule has 0 aliphatic carbocycles. The number of methoxy groups -OCH3 is 1. The van der Waals surface area contributed by atoms with Crippen LogP contribution in [-0.4, -0.2) is 14.2 Å². The molecule has 0 saturated carbocycles. The van der Waals surface area contributed by atoms with Crippen molar-refractivity contribution in [2.24, 2.45) is 0 Å². The predicted molar refractivity (Wildman–Crippen MR) is 88.7 cm³/mol. The van der Waals surface area contributed by atoms with E-state index in [1.54, 1.807) is 18.9 Å². The molecule has 2 aromatic rings. The molecule has 0 saturated heterocycles. The molecule has 0 bridgehead atoms. The van der Waals surface area contributed by atoms with E-state index in [1.807, 2.05) is 19.2 Å². The van der Waals surface area contributed by atoms with Gasteiger partial charge in [-0.3, -0.25) is 0 Å². The van der Waals surface area contributed by atoms with Crippen LogP contribution in [0.4, 0.5) is 0 Å². The van der Waals surface area contributed by atoms with Crippen molar-refractivity contribution in [1.82, 2.24) is 5.32 Å². The fourth-order valence-corrected chi connectivity index (χ4v) is 3.27. The molecule has 0 aliphatic heterocycles. The van der Waals surface area contributed by atoms with Crippen LogP contribution in [0.5, 0.6) is 5.75 Å². The Balaban J connectivity index is 2.27. The summed E-state index contributed by atoms with van der Waals surface area (Å²) in [5.41, 5.74) is 1.29. The maximum absolute atomic E-state index is 5.19. The summed E-state index contributed by atoms with van der Waals surface area (Å²) >= 11 is 5.31. The maximum Gasteiger partial charge on any atom is 0.118 e. The van der Waals surface area contributed by atoms with Crippen LogP contribution in [0.1, 0.15) is 18.5 Å². The first kappa shape index (κ1) is 15.4. The quantitative estimate of drug-likeness (QED) is 0.828. The fraction of sp³-hybridized carbons (Fsp3) is 0.250. The molecule has 0 spiro atoms. The minimum Gasteiger partial charge on any atom is -0.497 e. The second-order valence-electron chi connectivity index (χ2n) is 4.47. The van der Waals surface area contributed by atoms with Crippen molar-refractivity contribution >= 4 is 27.7 Å². The molecule has 0 fully saturated rings. The van der Waals surface area contributed by atoms with Crippen molar-refractivity contribution in [3.8, 4) is 5.75 Å². The smallest absolute Gasteiger partial charge is 0.118 e. The highest BCUT2D eigenvalue weighted by molar-refractivity contribution is 9.10. The van der Waals surface area contributed by atoms with Crippen LogP contribution in [0.15, 0.2) is 56.7 Å². The van der Waals surface area contributed by atoms with E-state index >= 15 is 0 Å². The molecule has 0 aliphatic rings. The Hall–Kier alpha value is -0.970. The Bertz CT molecular complexity index is 571. The van der Waals surface area contributed by atoms with Gasteiger partial charge in [-0.15, -0.1) is 0 Å². The average molecular weight is 352 g/mol. The van der Waals surface area contributed by atoms with Gasteiger partial charge in [-0.05, 0) is 62.0 Å². The zero-order valence-corrected chi connectivity index (χ0v) is 14.2. The molecule has 0 heterocycles. The largest absolute Gasteiger partial charge is 0.497 e. The molecule has 106 valence electrons. The highest BCUT2D eigenvalue weighted by atomic mass is 79.9. The van der Waals surface area contributed by atoms with Gasteiger partial charge in [0.15, 0.2) is 0 Å². The van der Waals surface area contributed by atoms with Crippen LogP contribution in [0.25, 0.3) is 0 Å². The summed E-state index contributed by atoms with van der Waals surface area (Å²) in [4.78, 5) is 2.47. The Kier molecular flexibility index (Phi) is 5.52. The fourth-order valence-electron chi connectivity index (χ4n) is 1.88. The molecule has 1 N–H and O–H groups in total. The minimum absolute atomic E-state index is 0.313. The van der Waals surface area contributed by atoms with Gasteiger partial charge in [0.25, 0.3) is 0 Å². The lowest BCUT2D eigenvalue weighted by Gasteiger charge is -2.16. The number of nitrogens with one attached hydrogen (secondary N) is 1. The average Bonchev–Trinajstić information content (AvgIpc) is 2.49. The number of ether oxygens (including phenoxy) is 1. The molecule has 1 atom stereocenters. The van der Waals surface area contributed by atoms with Gasteiger partial charge >= 0.3 is 0 Å². The summed E-state index contributed by atoms with van der Waals surface area (Å²) in [7, 11) is 3.66. The van der Waals surface area contributed by atoms with E-state index in [0.29, 0.717) is 6.04 Å². The highest BCUT2D eigenvalue weighted by Gasteiger charge is 2.11. The standard InChI is InChI=1S/C16H18BrNOS/c1-11(18-2)15-10-12(17)4-9-16(15)20-14-7-5-13(19-3)6-8-14/h4-11,18H,1-3H3. The van der Waals surface area contributed by atoms with Gasteiger partial charge in [0.05, 0.1) is 7.11 Å². The summed E-state index contributed by atoms with van der Waals surface area (Å²) in [5.74, 6) is 0.883. The lowest BCUT2D eigenvalue weighted by molar-refractivity contribution is 0.414. The molecule has 2 nitrogen and oxygen atoms in total. The monoisotopic (exact) mass is 351 g/mol. The molecule has 0 radical (unpaired) electrons. The molecule has 1 unspecified atom stereocenters. The summed E-state index contributed by atoms with van der Waals surface area (Å²) in [6.45, 7) is 2.17. The van der Waals surface area contributed by atoms with E-state index < -0.39 is 0 Å². The van der Waals surface area contributed by atoms with Crippen LogP contribution >= 0.6 is 27.7 Å². The number of halogens is 1. The highest BCUT2D eigenvalue weighted by Crippen LogP contribution is 2.35. The summed E-state index contributed by atoms with van der Waals surface area (Å²) in [5, 5.41) is 3.30. The Morgan fingerprint density at radius 1 is 1.15 bits per heavy atom. The Labute approximate surface area is 133 Å². The molecular weight excluding hydrogens is 334 g/mol. The van der Waals surface area contributed by atoms with Crippen molar-refractivity contribution in [3.05, 3.63) is 52.5 Å². The Morgan fingerprint density at radius 3 is 2.45 bits per heavy atom. The lowest BCUT2D eigenvalue weighted by atomic mass is 10.1. The van der Waals surface area contributed by atoms with Gasteiger partial charge in [-0.1, -0.05) is 27.7 Å². The first-order chi connectivity index (χ1) is 9.63. The van der Waals surface area contributed by atoms with Crippen LogP contribution in [0, 0.1) is 0 Å². The van der Waals surface area contributed by atoms with Crippen LogP contribution in [0.2, 0.25) is 0 Å². The van der Waals surface area contributed by atoms with Crippen molar-refractivity contribution in [1.29, 1.82) is 0 Å². The molecular formula is C16H18BrNOS. The van der Waals surface area contributed by atoms with Gasteiger partial charge in [-0.25, -0.2) is 0 Å². The number of rotatable bonds is 5. The predicted octanol–water partition coefficient (Wildman–Crippen LogP) is 4.89. The normalized spacial score (nSPS) is 12.2.